The van der Waals surface area contributed by atoms with E-state index >= 15 is 0 Å². The molecule has 0 aliphatic rings. The van der Waals surface area contributed by atoms with Crippen LogP contribution < -0.4 is 10.6 Å². The molecule has 0 bridgehead atoms. The minimum Gasteiger partial charge on any atom is -0.507 e. The second-order valence-corrected chi connectivity index (χ2v) is 4.93. The van der Waals surface area contributed by atoms with Gasteiger partial charge in [0.15, 0.2) is 6.61 Å². The number of phenolic OH excluding ortho intramolecular Hbond substituents is 1. The number of nitrogens with one attached hydrogen (secondary N) is 2. The zero-order valence-electron chi connectivity index (χ0n) is 12.8. The number of carbonyl (C=O) groups is 3. The summed E-state index contributed by atoms with van der Waals surface area (Å²) in [6.07, 6.45) is 0.725. The maximum absolute atomic E-state index is 11.8. The van der Waals surface area contributed by atoms with E-state index in [9.17, 15) is 19.5 Å². The molecule has 0 aromatic heterocycles. The van der Waals surface area contributed by atoms with Crippen LogP contribution in [0.1, 0.15) is 36.2 Å². The predicted octanol–water partition coefficient (Wildman–Crippen LogP) is 1.48. The first-order chi connectivity index (χ1) is 10.3. The lowest BCUT2D eigenvalue weighted by Crippen LogP contribution is -2.44. The Hall–Kier alpha value is -2.57. The highest BCUT2D eigenvalue weighted by atomic mass is 16.5. The van der Waals surface area contributed by atoms with Crippen molar-refractivity contribution in [3.05, 3.63) is 29.3 Å². The number of imide groups is 1. The van der Waals surface area contributed by atoms with Crippen LogP contribution in [0.25, 0.3) is 0 Å². The van der Waals surface area contributed by atoms with Crippen molar-refractivity contribution < 1.29 is 24.2 Å². The minimum atomic E-state index is -0.835. The van der Waals surface area contributed by atoms with E-state index in [1.54, 1.807) is 19.9 Å². The summed E-state index contributed by atoms with van der Waals surface area (Å²) in [5.41, 5.74) is 0.735. The molecule has 0 unspecified atom stereocenters. The molecule has 0 saturated carbocycles. The number of aromatic hydroxyl groups is 1. The molecule has 120 valence electrons. The fraction of sp³-hybridized carbons (Fsp3) is 0.400. The van der Waals surface area contributed by atoms with E-state index in [1.807, 2.05) is 12.2 Å². The third kappa shape index (κ3) is 5.43. The number of ether oxygens (including phenoxy) is 1. The van der Waals surface area contributed by atoms with Crippen LogP contribution in [0, 0.1) is 6.92 Å². The molecule has 7 heteroatoms. The van der Waals surface area contributed by atoms with Crippen LogP contribution in [0.4, 0.5) is 4.79 Å². The molecule has 0 aliphatic heterocycles. The van der Waals surface area contributed by atoms with Crippen LogP contribution in [0.15, 0.2) is 18.2 Å². The molecular formula is C15H20N2O5. The maximum atomic E-state index is 11.8. The molecule has 0 saturated heterocycles. The summed E-state index contributed by atoms with van der Waals surface area (Å²) in [4.78, 5) is 34.7. The molecule has 7 nitrogen and oxygen atoms in total. The Balaban J connectivity index is 2.48. The molecule has 3 N–H and O–H groups in total. The molecule has 3 amide bonds. The van der Waals surface area contributed by atoms with Gasteiger partial charge in [-0.1, -0.05) is 18.6 Å². The van der Waals surface area contributed by atoms with Gasteiger partial charge in [0, 0.05) is 6.04 Å². The third-order valence-corrected chi connectivity index (χ3v) is 2.95. The summed E-state index contributed by atoms with van der Waals surface area (Å²) in [5, 5.41) is 14.2. The maximum Gasteiger partial charge on any atom is 0.342 e. The largest absolute Gasteiger partial charge is 0.507 e. The number of aryl methyl sites for hydroxylation is 1. The lowest BCUT2D eigenvalue weighted by Gasteiger charge is -2.12. The average Bonchev–Trinajstić information content (AvgIpc) is 2.46. The number of phenols is 1. The quantitative estimate of drug-likeness (QED) is 0.715. The fourth-order valence-electron chi connectivity index (χ4n) is 1.55. The Kier molecular flexibility index (Phi) is 6.37. The minimum absolute atomic E-state index is 0.0307. The highest BCUT2D eigenvalue weighted by Crippen LogP contribution is 2.18. The van der Waals surface area contributed by atoms with E-state index in [2.05, 4.69) is 5.32 Å². The number of amides is 3. The van der Waals surface area contributed by atoms with Gasteiger partial charge in [0.05, 0.1) is 0 Å². The molecule has 1 aromatic carbocycles. The van der Waals surface area contributed by atoms with E-state index in [0.29, 0.717) is 0 Å². The highest BCUT2D eigenvalue weighted by molar-refractivity contribution is 5.97. The van der Waals surface area contributed by atoms with Crippen molar-refractivity contribution in [2.24, 2.45) is 0 Å². The van der Waals surface area contributed by atoms with Crippen molar-refractivity contribution in [3.8, 4) is 5.75 Å². The number of rotatable bonds is 5. The van der Waals surface area contributed by atoms with Crippen molar-refractivity contribution >= 4 is 17.9 Å². The predicted molar refractivity (Wildman–Crippen MR) is 79.6 cm³/mol. The number of carbonyl (C=O) groups excluding carboxylic acids is 3. The first-order valence-electron chi connectivity index (χ1n) is 6.90. The van der Waals surface area contributed by atoms with Gasteiger partial charge in [-0.05, 0) is 32.4 Å². The van der Waals surface area contributed by atoms with Crippen LogP contribution in [0.5, 0.6) is 5.75 Å². The van der Waals surface area contributed by atoms with Crippen molar-refractivity contribution in [2.75, 3.05) is 6.61 Å². The van der Waals surface area contributed by atoms with Crippen LogP contribution >= 0.6 is 0 Å². The fourth-order valence-corrected chi connectivity index (χ4v) is 1.55. The Morgan fingerprint density at radius 2 is 2.00 bits per heavy atom. The van der Waals surface area contributed by atoms with E-state index in [0.717, 1.165) is 12.0 Å². The van der Waals surface area contributed by atoms with E-state index in [1.165, 1.54) is 12.1 Å². The first kappa shape index (κ1) is 17.5. The summed E-state index contributed by atoms with van der Waals surface area (Å²) >= 11 is 0. The first-order valence-corrected chi connectivity index (χ1v) is 6.90. The zero-order valence-corrected chi connectivity index (χ0v) is 12.8. The van der Waals surface area contributed by atoms with Gasteiger partial charge in [-0.15, -0.1) is 0 Å². The van der Waals surface area contributed by atoms with Crippen LogP contribution in [0.2, 0.25) is 0 Å². The standard InChI is InChI=1S/C15H20N2O5/c1-4-10(3)16-15(21)17-13(19)8-22-14(20)11-7-9(2)5-6-12(11)18/h5-7,10,18H,4,8H2,1-3H3,(H2,16,17,19,21)/t10-/m1/s1. The van der Waals surface area contributed by atoms with E-state index < -0.39 is 24.5 Å². The molecule has 0 radical (unpaired) electrons. The molecular weight excluding hydrogens is 288 g/mol. The Morgan fingerprint density at radius 1 is 1.32 bits per heavy atom. The monoisotopic (exact) mass is 308 g/mol. The van der Waals surface area contributed by atoms with Gasteiger partial charge in [0.25, 0.3) is 5.91 Å². The van der Waals surface area contributed by atoms with Crippen molar-refractivity contribution in [1.82, 2.24) is 10.6 Å². The Bertz CT molecular complexity index is 571. The lowest BCUT2D eigenvalue weighted by atomic mass is 10.1. The zero-order chi connectivity index (χ0) is 16.7. The van der Waals surface area contributed by atoms with Crippen LogP contribution in [0.3, 0.4) is 0 Å². The van der Waals surface area contributed by atoms with Crippen molar-refractivity contribution in [1.29, 1.82) is 0 Å². The molecule has 1 aromatic rings. The third-order valence-electron chi connectivity index (χ3n) is 2.95. The van der Waals surface area contributed by atoms with Gasteiger partial charge in [-0.2, -0.15) is 0 Å². The smallest absolute Gasteiger partial charge is 0.342 e. The molecule has 0 fully saturated rings. The highest BCUT2D eigenvalue weighted by Gasteiger charge is 2.16. The number of benzene rings is 1. The number of esters is 1. The molecule has 0 spiro atoms. The Morgan fingerprint density at radius 3 is 2.64 bits per heavy atom. The Labute approximate surface area is 128 Å². The van der Waals surface area contributed by atoms with Gasteiger partial charge in [0.2, 0.25) is 0 Å². The second-order valence-electron chi connectivity index (χ2n) is 4.93. The van der Waals surface area contributed by atoms with Gasteiger partial charge in [0.1, 0.15) is 11.3 Å². The second kappa shape index (κ2) is 8.02. The molecule has 0 heterocycles. The summed E-state index contributed by atoms with van der Waals surface area (Å²) in [5.74, 6) is -1.81. The molecule has 1 rings (SSSR count). The summed E-state index contributed by atoms with van der Waals surface area (Å²) in [7, 11) is 0. The topological polar surface area (TPSA) is 105 Å². The molecule has 0 aliphatic carbocycles. The van der Waals surface area contributed by atoms with Gasteiger partial charge in [-0.3, -0.25) is 10.1 Å². The number of hydrogen-bond donors (Lipinski definition) is 3. The lowest BCUT2D eigenvalue weighted by molar-refractivity contribution is -0.123. The SMILES string of the molecule is CC[C@@H](C)NC(=O)NC(=O)COC(=O)c1cc(C)ccc1O. The summed E-state index contributed by atoms with van der Waals surface area (Å²) in [6.45, 7) is 4.83. The van der Waals surface area contributed by atoms with Gasteiger partial charge >= 0.3 is 12.0 Å². The van der Waals surface area contributed by atoms with E-state index in [-0.39, 0.29) is 17.4 Å². The van der Waals surface area contributed by atoms with Crippen molar-refractivity contribution in [2.45, 2.75) is 33.2 Å². The molecule has 22 heavy (non-hydrogen) atoms. The van der Waals surface area contributed by atoms with Gasteiger partial charge < -0.3 is 15.2 Å². The number of urea groups is 1. The van der Waals surface area contributed by atoms with Crippen molar-refractivity contribution in [3.63, 3.8) is 0 Å². The normalized spacial score (nSPS) is 11.4. The summed E-state index contributed by atoms with van der Waals surface area (Å²) in [6, 6.07) is 3.74. The number of hydrogen-bond acceptors (Lipinski definition) is 5. The van der Waals surface area contributed by atoms with Gasteiger partial charge in [-0.25, -0.2) is 9.59 Å². The van der Waals surface area contributed by atoms with E-state index in [4.69, 9.17) is 4.74 Å². The molecule has 1 atom stereocenters. The average molecular weight is 308 g/mol. The van der Waals surface area contributed by atoms with Crippen LogP contribution in [-0.4, -0.2) is 35.7 Å². The van der Waals surface area contributed by atoms with Crippen LogP contribution in [-0.2, 0) is 9.53 Å². The summed E-state index contributed by atoms with van der Waals surface area (Å²) < 4.78 is 4.77.